The van der Waals surface area contributed by atoms with E-state index in [1.54, 1.807) is 12.1 Å². The van der Waals surface area contributed by atoms with Crippen LogP contribution in [0, 0.1) is 5.82 Å². The molecule has 104 valence electrons. The zero-order chi connectivity index (χ0) is 13.2. The number of hydrogen-bond donors (Lipinski definition) is 1. The van der Waals surface area contributed by atoms with Gasteiger partial charge in [0.2, 0.25) is 0 Å². The standard InChI is InChI=1S/C16H23FN2/c1-12(10-13-4-2-5-14(17)11-13)18-15-7-9-19-8-3-6-16(15)19/h2,4-5,11-12,15-16,18H,3,6-10H2,1H3. The second kappa shape index (κ2) is 5.59. The lowest BCUT2D eigenvalue weighted by Gasteiger charge is -2.25. The average Bonchev–Trinajstić information content (AvgIpc) is 2.94. The van der Waals surface area contributed by atoms with E-state index >= 15 is 0 Å². The molecular formula is C16H23FN2. The van der Waals surface area contributed by atoms with Crippen LogP contribution in [0.3, 0.4) is 0 Å². The van der Waals surface area contributed by atoms with Crippen LogP contribution in [0.1, 0.15) is 31.7 Å². The predicted octanol–water partition coefficient (Wildman–Crippen LogP) is 2.58. The van der Waals surface area contributed by atoms with Gasteiger partial charge < -0.3 is 5.32 Å². The van der Waals surface area contributed by atoms with Gasteiger partial charge in [-0.3, -0.25) is 4.90 Å². The maximum atomic E-state index is 13.2. The van der Waals surface area contributed by atoms with E-state index in [0.717, 1.165) is 18.0 Å². The topological polar surface area (TPSA) is 15.3 Å². The van der Waals surface area contributed by atoms with Crippen molar-refractivity contribution in [3.8, 4) is 0 Å². The first-order chi connectivity index (χ1) is 9.22. The number of halogens is 1. The number of nitrogens with zero attached hydrogens (tertiary/aromatic N) is 1. The number of benzene rings is 1. The van der Waals surface area contributed by atoms with Crippen LogP contribution in [0.15, 0.2) is 24.3 Å². The van der Waals surface area contributed by atoms with E-state index in [0.29, 0.717) is 12.1 Å². The number of rotatable bonds is 4. The second-order valence-electron chi connectivity index (χ2n) is 6.04. The molecule has 0 spiro atoms. The molecule has 0 amide bonds. The fourth-order valence-electron chi connectivity index (χ4n) is 3.72. The van der Waals surface area contributed by atoms with Crippen molar-refractivity contribution in [2.24, 2.45) is 0 Å². The van der Waals surface area contributed by atoms with Crippen molar-refractivity contribution >= 4 is 0 Å². The highest BCUT2D eigenvalue weighted by atomic mass is 19.1. The highest BCUT2D eigenvalue weighted by Crippen LogP contribution is 2.28. The molecular weight excluding hydrogens is 239 g/mol. The van der Waals surface area contributed by atoms with Crippen LogP contribution in [0.2, 0.25) is 0 Å². The van der Waals surface area contributed by atoms with E-state index < -0.39 is 0 Å². The van der Waals surface area contributed by atoms with Crippen LogP contribution in [-0.2, 0) is 6.42 Å². The summed E-state index contributed by atoms with van der Waals surface area (Å²) in [7, 11) is 0. The molecule has 0 aliphatic carbocycles. The summed E-state index contributed by atoms with van der Waals surface area (Å²) in [4.78, 5) is 2.62. The summed E-state index contributed by atoms with van der Waals surface area (Å²) in [6, 6.07) is 8.75. The van der Waals surface area contributed by atoms with E-state index in [9.17, 15) is 4.39 Å². The molecule has 3 heteroatoms. The van der Waals surface area contributed by atoms with Gasteiger partial charge in [-0.2, -0.15) is 0 Å². The highest BCUT2D eigenvalue weighted by Gasteiger charge is 2.37. The van der Waals surface area contributed by atoms with E-state index in [-0.39, 0.29) is 5.82 Å². The molecule has 0 aromatic heterocycles. The van der Waals surface area contributed by atoms with Gasteiger partial charge in [0, 0.05) is 24.7 Å². The Kier molecular flexibility index (Phi) is 3.85. The summed E-state index contributed by atoms with van der Waals surface area (Å²) in [6.45, 7) is 4.73. The molecule has 2 fully saturated rings. The fourth-order valence-corrected chi connectivity index (χ4v) is 3.72. The summed E-state index contributed by atoms with van der Waals surface area (Å²) in [5.74, 6) is -0.132. The Balaban J connectivity index is 1.55. The Hall–Kier alpha value is -0.930. The van der Waals surface area contributed by atoms with Crippen molar-refractivity contribution < 1.29 is 4.39 Å². The maximum Gasteiger partial charge on any atom is 0.123 e. The molecule has 0 radical (unpaired) electrons. The largest absolute Gasteiger partial charge is 0.310 e. The van der Waals surface area contributed by atoms with Crippen LogP contribution in [0.5, 0.6) is 0 Å². The molecule has 2 heterocycles. The smallest absolute Gasteiger partial charge is 0.123 e. The normalized spacial score (nSPS) is 28.5. The number of hydrogen-bond acceptors (Lipinski definition) is 2. The number of nitrogens with one attached hydrogen (secondary N) is 1. The summed E-state index contributed by atoms with van der Waals surface area (Å²) >= 11 is 0. The third-order valence-corrected chi connectivity index (χ3v) is 4.54. The van der Waals surface area contributed by atoms with Gasteiger partial charge in [-0.1, -0.05) is 12.1 Å². The van der Waals surface area contributed by atoms with E-state index in [4.69, 9.17) is 0 Å². The quantitative estimate of drug-likeness (QED) is 0.897. The van der Waals surface area contributed by atoms with Gasteiger partial charge in [-0.25, -0.2) is 4.39 Å². The minimum absolute atomic E-state index is 0.132. The Labute approximate surface area is 115 Å². The molecule has 2 aliphatic rings. The average molecular weight is 262 g/mol. The van der Waals surface area contributed by atoms with Crippen molar-refractivity contribution in [1.29, 1.82) is 0 Å². The molecule has 3 atom stereocenters. The van der Waals surface area contributed by atoms with Gasteiger partial charge in [-0.15, -0.1) is 0 Å². The van der Waals surface area contributed by atoms with Gasteiger partial charge in [0.25, 0.3) is 0 Å². The van der Waals surface area contributed by atoms with Crippen molar-refractivity contribution in [3.05, 3.63) is 35.6 Å². The molecule has 2 aliphatic heterocycles. The van der Waals surface area contributed by atoms with Gasteiger partial charge in [-0.05, 0) is 56.8 Å². The summed E-state index contributed by atoms with van der Waals surface area (Å²) in [5, 5.41) is 3.75. The third kappa shape index (κ3) is 2.98. The molecule has 3 rings (SSSR count). The minimum Gasteiger partial charge on any atom is -0.310 e. The molecule has 19 heavy (non-hydrogen) atoms. The first-order valence-corrected chi connectivity index (χ1v) is 7.47. The summed E-state index contributed by atoms with van der Waals surface area (Å²) in [6.07, 6.45) is 4.85. The third-order valence-electron chi connectivity index (χ3n) is 4.54. The molecule has 1 aromatic carbocycles. The van der Waals surface area contributed by atoms with Gasteiger partial charge in [0.15, 0.2) is 0 Å². The second-order valence-corrected chi connectivity index (χ2v) is 6.04. The molecule has 1 N–H and O–H groups in total. The van der Waals surface area contributed by atoms with Crippen molar-refractivity contribution in [2.45, 2.75) is 50.7 Å². The Morgan fingerprint density at radius 1 is 1.37 bits per heavy atom. The molecule has 2 nitrogen and oxygen atoms in total. The van der Waals surface area contributed by atoms with Gasteiger partial charge in [0.05, 0.1) is 0 Å². The minimum atomic E-state index is -0.132. The van der Waals surface area contributed by atoms with Crippen molar-refractivity contribution in [2.75, 3.05) is 13.1 Å². The van der Waals surface area contributed by atoms with E-state index in [2.05, 4.69) is 17.1 Å². The molecule has 0 bridgehead atoms. The van der Waals surface area contributed by atoms with Gasteiger partial charge >= 0.3 is 0 Å². The molecule has 0 saturated carbocycles. The maximum absolute atomic E-state index is 13.2. The highest BCUT2D eigenvalue weighted by molar-refractivity contribution is 5.17. The summed E-state index contributed by atoms with van der Waals surface area (Å²) < 4.78 is 13.2. The van der Waals surface area contributed by atoms with Crippen LogP contribution in [0.4, 0.5) is 4.39 Å². The van der Waals surface area contributed by atoms with Crippen molar-refractivity contribution in [1.82, 2.24) is 10.2 Å². The van der Waals surface area contributed by atoms with E-state index in [1.165, 1.54) is 38.4 Å². The lowest BCUT2D eigenvalue weighted by molar-refractivity contribution is 0.290. The van der Waals surface area contributed by atoms with Gasteiger partial charge in [0.1, 0.15) is 5.82 Å². The van der Waals surface area contributed by atoms with Crippen LogP contribution in [0.25, 0.3) is 0 Å². The fraction of sp³-hybridized carbons (Fsp3) is 0.625. The molecule has 3 unspecified atom stereocenters. The Morgan fingerprint density at radius 2 is 2.26 bits per heavy atom. The van der Waals surface area contributed by atoms with Crippen LogP contribution >= 0.6 is 0 Å². The molecule has 2 saturated heterocycles. The Bertz CT molecular complexity index is 435. The van der Waals surface area contributed by atoms with Crippen LogP contribution in [-0.4, -0.2) is 36.1 Å². The first-order valence-electron chi connectivity index (χ1n) is 7.47. The van der Waals surface area contributed by atoms with E-state index in [1.807, 2.05) is 6.07 Å². The SMILES string of the molecule is CC(Cc1cccc(F)c1)NC1CCN2CCCC12. The summed E-state index contributed by atoms with van der Waals surface area (Å²) in [5.41, 5.74) is 1.08. The van der Waals surface area contributed by atoms with Crippen LogP contribution < -0.4 is 5.32 Å². The lowest BCUT2D eigenvalue weighted by atomic mass is 10.0. The predicted molar refractivity (Wildman–Crippen MR) is 75.7 cm³/mol. The molecule has 1 aromatic rings. The Morgan fingerprint density at radius 3 is 3.11 bits per heavy atom. The monoisotopic (exact) mass is 262 g/mol. The zero-order valence-electron chi connectivity index (χ0n) is 11.6. The first kappa shape index (κ1) is 13.1. The lowest BCUT2D eigenvalue weighted by Crippen LogP contribution is -2.44. The zero-order valence-corrected chi connectivity index (χ0v) is 11.6. The van der Waals surface area contributed by atoms with Crippen molar-refractivity contribution in [3.63, 3.8) is 0 Å². The number of fused-ring (bicyclic) bond motifs is 1.